The van der Waals surface area contributed by atoms with Gasteiger partial charge in [0.2, 0.25) is 0 Å². The summed E-state index contributed by atoms with van der Waals surface area (Å²) < 4.78 is 0. The highest BCUT2D eigenvalue weighted by Gasteiger charge is 2.16. The summed E-state index contributed by atoms with van der Waals surface area (Å²) in [5.41, 5.74) is 2.21. The second-order valence-corrected chi connectivity index (χ2v) is 5.38. The Kier molecular flexibility index (Phi) is 5.37. The van der Waals surface area contributed by atoms with Crippen LogP contribution in [0.15, 0.2) is 61.2 Å². The number of aromatic hydroxyl groups is 1. The van der Waals surface area contributed by atoms with Gasteiger partial charge in [0.15, 0.2) is 0 Å². The van der Waals surface area contributed by atoms with Crippen molar-refractivity contribution in [1.82, 2.24) is 0 Å². The van der Waals surface area contributed by atoms with Gasteiger partial charge in [-0.25, -0.2) is 0 Å². The van der Waals surface area contributed by atoms with Gasteiger partial charge in [0.05, 0.1) is 0 Å². The van der Waals surface area contributed by atoms with E-state index in [2.05, 4.69) is 27.4 Å². The predicted octanol–water partition coefficient (Wildman–Crippen LogP) is 5.02. The Morgan fingerprint density at radius 3 is 1.79 bits per heavy atom. The Balaban J connectivity index is 0.000000200. The Bertz CT molecular complexity index is 507. The first-order valence-electron chi connectivity index (χ1n) is 6.41. The molecule has 2 aromatic carbocycles. The third-order valence-corrected chi connectivity index (χ3v) is 2.75. The molecule has 0 atom stereocenters. The zero-order valence-electron chi connectivity index (χ0n) is 11.9. The van der Waals surface area contributed by atoms with Crippen molar-refractivity contribution in [3.8, 4) is 5.75 Å². The third kappa shape index (κ3) is 5.01. The summed E-state index contributed by atoms with van der Waals surface area (Å²) in [7, 11) is 0. The number of phenols is 1. The van der Waals surface area contributed by atoms with Crippen LogP contribution in [0.2, 0.25) is 0 Å². The Morgan fingerprint density at radius 1 is 0.895 bits per heavy atom. The van der Waals surface area contributed by atoms with Gasteiger partial charge in [0.1, 0.15) is 5.75 Å². The Hall–Kier alpha value is -2.02. The number of phenolic OH excluding ortho intramolecular Hbond substituents is 1. The lowest BCUT2D eigenvalue weighted by Gasteiger charge is -2.19. The molecule has 0 aliphatic carbocycles. The summed E-state index contributed by atoms with van der Waals surface area (Å²) in [6, 6.07) is 17.5. The lowest BCUT2D eigenvalue weighted by molar-refractivity contribution is 0.447. The standard InChI is InChI=1S/C10H14O.C8H8/c1-10(2,3)8-6-4-5-7-9(8)11;1-2-8-6-4-3-5-7-8/h4-7,11H,1-3H3;2-7H,1H2. The molecule has 0 spiro atoms. The second kappa shape index (κ2) is 6.79. The van der Waals surface area contributed by atoms with E-state index in [1.54, 1.807) is 6.07 Å². The van der Waals surface area contributed by atoms with E-state index in [1.807, 2.05) is 54.6 Å². The average molecular weight is 254 g/mol. The van der Waals surface area contributed by atoms with Crippen LogP contribution in [-0.2, 0) is 5.41 Å². The van der Waals surface area contributed by atoms with Gasteiger partial charge < -0.3 is 5.11 Å². The number of para-hydroxylation sites is 1. The predicted molar refractivity (Wildman–Crippen MR) is 83.3 cm³/mol. The first-order chi connectivity index (χ1) is 8.95. The SMILES string of the molecule is C=Cc1ccccc1.CC(C)(C)c1ccccc1O. The molecule has 19 heavy (non-hydrogen) atoms. The van der Waals surface area contributed by atoms with Gasteiger partial charge in [-0.2, -0.15) is 0 Å². The largest absolute Gasteiger partial charge is 0.508 e. The topological polar surface area (TPSA) is 20.2 Å². The summed E-state index contributed by atoms with van der Waals surface area (Å²) in [5.74, 6) is 0.389. The van der Waals surface area contributed by atoms with Crippen LogP contribution in [-0.4, -0.2) is 5.11 Å². The molecule has 0 unspecified atom stereocenters. The molecule has 1 nitrogen and oxygen atoms in total. The monoisotopic (exact) mass is 254 g/mol. The Labute approximate surface area is 116 Å². The van der Waals surface area contributed by atoms with Crippen LogP contribution < -0.4 is 0 Å². The van der Waals surface area contributed by atoms with Crippen LogP contribution in [0.25, 0.3) is 6.08 Å². The van der Waals surface area contributed by atoms with Crippen molar-refractivity contribution in [2.24, 2.45) is 0 Å². The fraction of sp³-hybridized carbons (Fsp3) is 0.222. The van der Waals surface area contributed by atoms with E-state index >= 15 is 0 Å². The number of hydrogen-bond acceptors (Lipinski definition) is 1. The highest BCUT2D eigenvalue weighted by molar-refractivity contribution is 5.45. The highest BCUT2D eigenvalue weighted by Crippen LogP contribution is 2.29. The molecule has 0 aliphatic rings. The van der Waals surface area contributed by atoms with Gasteiger partial charge in [0.25, 0.3) is 0 Å². The molecule has 0 heterocycles. The summed E-state index contributed by atoms with van der Waals surface area (Å²) in [5, 5.41) is 9.45. The zero-order valence-corrected chi connectivity index (χ0v) is 11.9. The lowest BCUT2D eigenvalue weighted by Crippen LogP contribution is -2.10. The van der Waals surface area contributed by atoms with Gasteiger partial charge >= 0.3 is 0 Å². The second-order valence-electron chi connectivity index (χ2n) is 5.38. The number of benzene rings is 2. The smallest absolute Gasteiger partial charge is 0.119 e. The van der Waals surface area contributed by atoms with Gasteiger partial charge in [-0.1, -0.05) is 82.0 Å². The van der Waals surface area contributed by atoms with E-state index in [9.17, 15) is 5.11 Å². The zero-order chi connectivity index (χ0) is 14.3. The molecule has 0 aromatic heterocycles. The summed E-state index contributed by atoms with van der Waals surface area (Å²) in [6.07, 6.45) is 1.83. The van der Waals surface area contributed by atoms with E-state index in [4.69, 9.17) is 0 Å². The molecule has 0 aliphatic heterocycles. The first-order valence-corrected chi connectivity index (χ1v) is 6.41. The molecule has 0 saturated carbocycles. The molecular weight excluding hydrogens is 232 g/mol. The molecule has 2 aromatic rings. The van der Waals surface area contributed by atoms with Crippen LogP contribution in [0.5, 0.6) is 5.75 Å². The number of hydrogen-bond donors (Lipinski definition) is 1. The van der Waals surface area contributed by atoms with Gasteiger partial charge in [-0.05, 0) is 22.6 Å². The molecule has 0 saturated heterocycles. The maximum atomic E-state index is 9.45. The quantitative estimate of drug-likeness (QED) is 0.757. The molecule has 0 fully saturated rings. The van der Waals surface area contributed by atoms with Crippen LogP contribution >= 0.6 is 0 Å². The van der Waals surface area contributed by atoms with Gasteiger partial charge in [0, 0.05) is 0 Å². The molecule has 100 valence electrons. The van der Waals surface area contributed by atoms with E-state index in [-0.39, 0.29) is 5.41 Å². The van der Waals surface area contributed by atoms with E-state index in [1.165, 1.54) is 5.56 Å². The molecule has 2 rings (SSSR count). The van der Waals surface area contributed by atoms with Crippen molar-refractivity contribution in [2.75, 3.05) is 0 Å². The van der Waals surface area contributed by atoms with Crippen LogP contribution in [0.4, 0.5) is 0 Å². The van der Waals surface area contributed by atoms with E-state index in [0.29, 0.717) is 5.75 Å². The number of rotatable bonds is 1. The maximum absolute atomic E-state index is 9.45. The minimum atomic E-state index is 0.0331. The van der Waals surface area contributed by atoms with Crippen molar-refractivity contribution in [3.05, 3.63) is 72.3 Å². The Morgan fingerprint density at radius 2 is 1.42 bits per heavy atom. The molecule has 0 amide bonds. The lowest BCUT2D eigenvalue weighted by atomic mass is 9.86. The maximum Gasteiger partial charge on any atom is 0.119 e. The molecular formula is C18H22O. The van der Waals surface area contributed by atoms with Gasteiger partial charge in [-0.3, -0.25) is 0 Å². The fourth-order valence-electron chi connectivity index (χ4n) is 1.70. The van der Waals surface area contributed by atoms with Gasteiger partial charge in [-0.15, -0.1) is 0 Å². The summed E-state index contributed by atoms with van der Waals surface area (Å²) in [4.78, 5) is 0. The van der Waals surface area contributed by atoms with Crippen molar-refractivity contribution in [3.63, 3.8) is 0 Å². The fourth-order valence-corrected chi connectivity index (χ4v) is 1.70. The van der Waals surface area contributed by atoms with E-state index < -0.39 is 0 Å². The highest BCUT2D eigenvalue weighted by atomic mass is 16.3. The summed E-state index contributed by atoms with van der Waals surface area (Å²) in [6.45, 7) is 9.89. The minimum Gasteiger partial charge on any atom is -0.508 e. The van der Waals surface area contributed by atoms with Crippen molar-refractivity contribution in [2.45, 2.75) is 26.2 Å². The van der Waals surface area contributed by atoms with Crippen LogP contribution in [0, 0.1) is 0 Å². The summed E-state index contributed by atoms with van der Waals surface area (Å²) >= 11 is 0. The first kappa shape index (κ1) is 15.0. The van der Waals surface area contributed by atoms with Crippen LogP contribution in [0.3, 0.4) is 0 Å². The van der Waals surface area contributed by atoms with Crippen molar-refractivity contribution in [1.29, 1.82) is 0 Å². The average Bonchev–Trinajstić information content (AvgIpc) is 2.39. The van der Waals surface area contributed by atoms with Crippen molar-refractivity contribution >= 4 is 6.08 Å². The molecule has 0 bridgehead atoms. The van der Waals surface area contributed by atoms with Crippen LogP contribution in [0.1, 0.15) is 31.9 Å². The van der Waals surface area contributed by atoms with E-state index in [0.717, 1.165) is 5.56 Å². The molecule has 1 N–H and O–H groups in total. The molecule has 0 radical (unpaired) electrons. The van der Waals surface area contributed by atoms with Crippen molar-refractivity contribution < 1.29 is 5.11 Å². The normalized spacial score (nSPS) is 10.3. The third-order valence-electron chi connectivity index (χ3n) is 2.75. The minimum absolute atomic E-state index is 0.0331. The molecule has 1 heteroatoms.